The number of aromatic nitrogens is 1. The molecule has 1 aliphatic heterocycles. The average molecular weight is 674 g/mol. The first-order chi connectivity index (χ1) is 19.7. The molecule has 0 aliphatic carbocycles. The number of esters is 1. The molecule has 4 aromatic rings. The van der Waals surface area contributed by atoms with E-state index in [4.69, 9.17) is 37.4 Å². The van der Waals surface area contributed by atoms with Gasteiger partial charge in [0.25, 0.3) is 5.56 Å². The standard InChI is InChI=1S/C30H23BrCl2N2O5S/c1-16-26(29(37)39-3)27(21-14-20(33)9-11-23(21)38-2)35-28(36)25(41-30(35)34-16)13-18-6-10-24(22(31)12-18)40-15-17-4-7-19(32)8-5-17/h4-14,27H,15H2,1-3H3/b25-13-/t27-/m0/s1. The lowest BCUT2D eigenvalue weighted by atomic mass is 9.95. The van der Waals surface area contributed by atoms with Crippen LogP contribution in [0.4, 0.5) is 0 Å². The molecule has 0 bridgehead atoms. The van der Waals surface area contributed by atoms with Gasteiger partial charge in [0, 0.05) is 15.6 Å². The Morgan fingerprint density at radius 1 is 1.05 bits per heavy atom. The Morgan fingerprint density at radius 2 is 1.76 bits per heavy atom. The van der Waals surface area contributed by atoms with E-state index < -0.39 is 12.0 Å². The maximum Gasteiger partial charge on any atom is 0.338 e. The van der Waals surface area contributed by atoms with Crippen molar-refractivity contribution < 1.29 is 19.0 Å². The van der Waals surface area contributed by atoms with Crippen LogP contribution in [-0.4, -0.2) is 24.8 Å². The van der Waals surface area contributed by atoms with Crippen molar-refractivity contribution in [2.24, 2.45) is 4.99 Å². The van der Waals surface area contributed by atoms with Gasteiger partial charge in [0.1, 0.15) is 24.1 Å². The normalized spacial score (nSPS) is 14.9. The molecule has 1 atom stereocenters. The van der Waals surface area contributed by atoms with Gasteiger partial charge in [0.2, 0.25) is 0 Å². The third-order valence-corrected chi connectivity index (χ3v) is 8.56. The second-order valence-corrected chi connectivity index (χ2v) is 11.8. The molecule has 2 heterocycles. The van der Waals surface area contributed by atoms with E-state index >= 15 is 0 Å². The van der Waals surface area contributed by atoms with Crippen molar-refractivity contribution in [2.75, 3.05) is 14.2 Å². The van der Waals surface area contributed by atoms with Crippen molar-refractivity contribution in [2.45, 2.75) is 19.6 Å². The predicted molar refractivity (Wildman–Crippen MR) is 164 cm³/mol. The van der Waals surface area contributed by atoms with E-state index in [9.17, 15) is 9.59 Å². The molecule has 7 nitrogen and oxygen atoms in total. The van der Waals surface area contributed by atoms with Gasteiger partial charge < -0.3 is 14.2 Å². The Kier molecular flexibility index (Phi) is 8.70. The minimum absolute atomic E-state index is 0.233. The average Bonchev–Trinajstić information content (AvgIpc) is 3.26. The fourth-order valence-electron chi connectivity index (χ4n) is 4.52. The molecule has 0 unspecified atom stereocenters. The molecule has 1 aromatic heterocycles. The summed E-state index contributed by atoms with van der Waals surface area (Å²) < 4.78 is 19.3. The van der Waals surface area contributed by atoms with Gasteiger partial charge in [-0.2, -0.15) is 0 Å². The highest BCUT2D eigenvalue weighted by molar-refractivity contribution is 9.10. The van der Waals surface area contributed by atoms with Crippen LogP contribution in [0.1, 0.15) is 29.7 Å². The number of halogens is 3. The van der Waals surface area contributed by atoms with Crippen molar-refractivity contribution in [3.05, 3.63) is 123 Å². The molecule has 0 N–H and O–H groups in total. The topological polar surface area (TPSA) is 79.1 Å². The Balaban J connectivity index is 1.56. The van der Waals surface area contributed by atoms with Crippen molar-refractivity contribution in [3.8, 4) is 11.5 Å². The second kappa shape index (κ2) is 12.2. The number of ether oxygens (including phenoxy) is 3. The van der Waals surface area contributed by atoms with E-state index in [1.807, 2.05) is 42.5 Å². The lowest BCUT2D eigenvalue weighted by Crippen LogP contribution is -2.40. The smallest absolute Gasteiger partial charge is 0.338 e. The minimum atomic E-state index is -0.843. The van der Waals surface area contributed by atoms with Crippen LogP contribution in [0, 0.1) is 0 Å². The number of hydrogen-bond acceptors (Lipinski definition) is 7. The summed E-state index contributed by atoms with van der Waals surface area (Å²) in [5.74, 6) is 0.541. The summed E-state index contributed by atoms with van der Waals surface area (Å²) in [5.41, 5.74) is 2.68. The van der Waals surface area contributed by atoms with E-state index in [-0.39, 0.29) is 11.1 Å². The number of thiazole rings is 1. The lowest BCUT2D eigenvalue weighted by molar-refractivity contribution is -0.136. The van der Waals surface area contributed by atoms with Crippen LogP contribution in [0.3, 0.4) is 0 Å². The first kappa shape index (κ1) is 29.1. The molecule has 11 heteroatoms. The summed E-state index contributed by atoms with van der Waals surface area (Å²) in [7, 11) is 2.81. The molecule has 41 heavy (non-hydrogen) atoms. The van der Waals surface area contributed by atoms with Crippen LogP contribution in [-0.2, 0) is 16.1 Å². The van der Waals surface area contributed by atoms with E-state index in [1.54, 1.807) is 31.2 Å². The van der Waals surface area contributed by atoms with Crippen molar-refractivity contribution in [3.63, 3.8) is 0 Å². The minimum Gasteiger partial charge on any atom is -0.496 e. The van der Waals surface area contributed by atoms with E-state index in [0.717, 1.165) is 15.6 Å². The quantitative estimate of drug-likeness (QED) is 0.223. The van der Waals surface area contributed by atoms with Gasteiger partial charge >= 0.3 is 5.97 Å². The molecule has 5 rings (SSSR count). The van der Waals surface area contributed by atoms with E-state index in [2.05, 4.69) is 20.9 Å². The number of carbonyl (C=O) groups is 1. The maximum atomic E-state index is 13.9. The van der Waals surface area contributed by atoms with Gasteiger partial charge in [-0.25, -0.2) is 9.79 Å². The van der Waals surface area contributed by atoms with Crippen molar-refractivity contribution in [1.82, 2.24) is 4.57 Å². The summed E-state index contributed by atoms with van der Waals surface area (Å²) in [6.07, 6.45) is 1.78. The van der Waals surface area contributed by atoms with Gasteiger partial charge in [-0.15, -0.1) is 0 Å². The fraction of sp³-hybridized carbons (Fsp3) is 0.167. The second-order valence-electron chi connectivity index (χ2n) is 9.06. The zero-order valence-corrected chi connectivity index (χ0v) is 26.0. The van der Waals surface area contributed by atoms with Crippen LogP contribution in [0.25, 0.3) is 6.08 Å². The van der Waals surface area contributed by atoms with E-state index in [0.29, 0.717) is 48.7 Å². The maximum absolute atomic E-state index is 13.9. The molecule has 0 spiro atoms. The Bertz CT molecular complexity index is 1870. The summed E-state index contributed by atoms with van der Waals surface area (Å²) in [5, 5.41) is 1.10. The van der Waals surface area contributed by atoms with Crippen molar-refractivity contribution >= 4 is 62.5 Å². The SMILES string of the molecule is COC(=O)C1=C(C)N=c2s/c(=C\c3ccc(OCc4ccc(Cl)cc4)c(Br)c3)c(=O)n2[C@H]1c1cc(Cl)ccc1OC. The molecule has 1 aliphatic rings. The zero-order valence-electron chi connectivity index (χ0n) is 22.1. The molecule has 0 saturated carbocycles. The number of methoxy groups -OCH3 is 2. The lowest BCUT2D eigenvalue weighted by Gasteiger charge is -2.25. The number of fused-ring (bicyclic) bond motifs is 1. The molecule has 0 fully saturated rings. The zero-order chi connectivity index (χ0) is 29.3. The van der Waals surface area contributed by atoms with Crippen LogP contribution in [0.2, 0.25) is 10.0 Å². The Hall–Kier alpha value is -3.37. The third-order valence-electron chi connectivity index (χ3n) is 6.47. The Labute approximate surface area is 258 Å². The number of benzene rings is 3. The number of hydrogen-bond donors (Lipinski definition) is 0. The summed E-state index contributed by atoms with van der Waals surface area (Å²) in [6.45, 7) is 2.09. The summed E-state index contributed by atoms with van der Waals surface area (Å²) in [6, 6.07) is 17.2. The van der Waals surface area contributed by atoms with Crippen molar-refractivity contribution in [1.29, 1.82) is 0 Å². The van der Waals surface area contributed by atoms with Crippen LogP contribution < -0.4 is 24.4 Å². The van der Waals surface area contributed by atoms with Gasteiger partial charge in [-0.1, -0.05) is 52.7 Å². The van der Waals surface area contributed by atoms with Gasteiger partial charge in [-0.3, -0.25) is 9.36 Å². The monoisotopic (exact) mass is 672 g/mol. The highest BCUT2D eigenvalue weighted by atomic mass is 79.9. The van der Waals surface area contributed by atoms with Crippen LogP contribution in [0.5, 0.6) is 11.5 Å². The van der Waals surface area contributed by atoms with Gasteiger partial charge in [0.05, 0.1) is 34.5 Å². The number of allylic oxidation sites excluding steroid dienone is 1. The molecule has 0 amide bonds. The first-order valence-corrected chi connectivity index (χ1v) is 14.7. The fourth-order valence-corrected chi connectivity index (χ4v) is 6.39. The Morgan fingerprint density at radius 3 is 2.44 bits per heavy atom. The first-order valence-electron chi connectivity index (χ1n) is 12.3. The molecule has 0 radical (unpaired) electrons. The molecule has 3 aromatic carbocycles. The predicted octanol–water partition coefficient (Wildman–Crippen LogP) is 6.07. The molecular weight excluding hydrogens is 651 g/mol. The van der Waals surface area contributed by atoms with Crippen LogP contribution >= 0.6 is 50.5 Å². The number of carbonyl (C=O) groups excluding carboxylic acids is 1. The molecule has 210 valence electrons. The van der Waals surface area contributed by atoms with Crippen LogP contribution in [0.15, 0.2) is 86.2 Å². The summed E-state index contributed by atoms with van der Waals surface area (Å²) in [4.78, 5) is 31.8. The molecule has 0 saturated heterocycles. The highest BCUT2D eigenvalue weighted by Gasteiger charge is 2.35. The number of nitrogens with zero attached hydrogens (tertiary/aromatic N) is 2. The van der Waals surface area contributed by atoms with E-state index in [1.165, 1.54) is 30.1 Å². The highest BCUT2D eigenvalue weighted by Crippen LogP contribution is 2.37. The third kappa shape index (κ3) is 5.99. The largest absolute Gasteiger partial charge is 0.496 e. The number of rotatable bonds is 7. The summed E-state index contributed by atoms with van der Waals surface area (Å²) >= 11 is 17.1. The van der Waals surface area contributed by atoms with Gasteiger partial charge in [-0.05, 0) is 82.5 Å². The molecular formula is C30H23BrCl2N2O5S. The van der Waals surface area contributed by atoms with Gasteiger partial charge in [0.15, 0.2) is 4.80 Å².